The highest BCUT2D eigenvalue weighted by Crippen LogP contribution is 2.27. The number of Topliss-reactive ketones (excluding diaryl/α,β-unsaturated/α-hetero) is 1. The lowest BCUT2D eigenvalue weighted by Gasteiger charge is -2.31. The van der Waals surface area contributed by atoms with Gasteiger partial charge in [-0.05, 0) is 50.2 Å². The Morgan fingerprint density at radius 2 is 2.21 bits per heavy atom. The van der Waals surface area contributed by atoms with Gasteiger partial charge in [0.25, 0.3) is 0 Å². The number of thiophene rings is 1. The molecule has 1 aliphatic heterocycles. The average Bonchev–Trinajstić information content (AvgIpc) is 3.26. The van der Waals surface area contributed by atoms with Crippen LogP contribution in [0.15, 0.2) is 23.0 Å². The fourth-order valence-corrected chi connectivity index (χ4v) is 5.29. The first-order chi connectivity index (χ1) is 11.6. The van der Waals surface area contributed by atoms with Crippen LogP contribution in [0.25, 0.3) is 4.96 Å². The molecule has 4 rings (SSSR count). The van der Waals surface area contributed by atoms with Crippen molar-refractivity contribution >= 4 is 33.4 Å². The molecule has 4 heterocycles. The van der Waals surface area contributed by atoms with Gasteiger partial charge in [0.1, 0.15) is 0 Å². The number of imidazole rings is 1. The predicted molar refractivity (Wildman–Crippen MR) is 99.2 cm³/mol. The largest absolute Gasteiger partial charge is 0.297 e. The van der Waals surface area contributed by atoms with E-state index in [4.69, 9.17) is 0 Å². The topological polar surface area (TPSA) is 37.6 Å². The molecule has 1 saturated heterocycles. The quantitative estimate of drug-likeness (QED) is 0.656. The number of aryl methyl sites for hydroxylation is 2. The molecule has 0 amide bonds. The molecule has 0 bridgehead atoms. The summed E-state index contributed by atoms with van der Waals surface area (Å²) < 4.78 is 2.19. The zero-order chi connectivity index (χ0) is 16.7. The summed E-state index contributed by atoms with van der Waals surface area (Å²) in [7, 11) is 0. The number of ketones is 1. The highest BCUT2D eigenvalue weighted by atomic mass is 32.1. The number of nitrogens with zero attached hydrogens (tertiary/aromatic N) is 3. The molecule has 1 aliphatic rings. The Labute approximate surface area is 149 Å². The number of carbonyl (C=O) groups excluding carboxylic acids is 1. The first-order valence-corrected chi connectivity index (χ1v) is 10.1. The Kier molecular flexibility index (Phi) is 4.28. The van der Waals surface area contributed by atoms with E-state index in [-0.39, 0.29) is 5.92 Å². The minimum atomic E-state index is 0.127. The Hall–Kier alpha value is -1.50. The Morgan fingerprint density at radius 1 is 1.33 bits per heavy atom. The fraction of sp³-hybridized carbons (Fsp3) is 0.444. The van der Waals surface area contributed by atoms with Crippen molar-refractivity contribution in [3.63, 3.8) is 0 Å². The molecule has 0 radical (unpaired) electrons. The third kappa shape index (κ3) is 2.83. The van der Waals surface area contributed by atoms with Crippen molar-refractivity contribution in [2.45, 2.75) is 33.2 Å². The molecule has 1 atom stereocenters. The lowest BCUT2D eigenvalue weighted by molar-refractivity contribution is 0.0813. The zero-order valence-corrected chi connectivity index (χ0v) is 15.6. The number of hydrogen-bond acceptors (Lipinski definition) is 5. The highest BCUT2D eigenvalue weighted by molar-refractivity contribution is 7.15. The summed E-state index contributed by atoms with van der Waals surface area (Å²) in [5, 5.41) is 4.10. The molecule has 126 valence electrons. The maximum atomic E-state index is 12.8. The number of likely N-dealkylation sites (tertiary alicyclic amines) is 1. The summed E-state index contributed by atoms with van der Waals surface area (Å²) in [6.07, 6.45) is 4.19. The maximum Gasteiger partial charge on any atom is 0.194 e. The molecule has 1 fully saturated rings. The normalized spacial score (nSPS) is 19.2. The van der Waals surface area contributed by atoms with E-state index in [1.54, 1.807) is 22.7 Å². The van der Waals surface area contributed by atoms with Crippen LogP contribution in [0.5, 0.6) is 0 Å². The minimum Gasteiger partial charge on any atom is -0.297 e. The second-order valence-corrected chi connectivity index (χ2v) is 8.36. The Bertz CT molecular complexity index is 876. The number of rotatable bonds is 4. The number of hydrogen-bond donors (Lipinski definition) is 0. The number of aromatic nitrogens is 2. The van der Waals surface area contributed by atoms with Gasteiger partial charge in [0.2, 0.25) is 0 Å². The summed E-state index contributed by atoms with van der Waals surface area (Å²) in [4.78, 5) is 21.9. The van der Waals surface area contributed by atoms with Gasteiger partial charge in [-0.25, -0.2) is 4.98 Å². The Balaban J connectivity index is 1.51. The van der Waals surface area contributed by atoms with Gasteiger partial charge < -0.3 is 0 Å². The van der Waals surface area contributed by atoms with Gasteiger partial charge >= 0.3 is 0 Å². The van der Waals surface area contributed by atoms with E-state index in [0.717, 1.165) is 53.6 Å². The molecule has 0 aromatic carbocycles. The summed E-state index contributed by atoms with van der Waals surface area (Å²) in [6, 6.07) is 2.04. The lowest BCUT2D eigenvalue weighted by Crippen LogP contribution is -2.38. The Morgan fingerprint density at radius 3 is 3.00 bits per heavy atom. The van der Waals surface area contributed by atoms with Crippen molar-refractivity contribution in [2.75, 3.05) is 13.1 Å². The molecule has 6 heteroatoms. The maximum absolute atomic E-state index is 12.8. The van der Waals surface area contributed by atoms with E-state index in [2.05, 4.69) is 32.8 Å². The SMILES string of the molecule is Cc1ccsc1C(=O)[C@H]1CCCN(Cc2c(C)nc3sccn23)C1. The third-order valence-corrected chi connectivity index (χ3v) is 6.68. The smallest absolute Gasteiger partial charge is 0.194 e. The van der Waals surface area contributed by atoms with E-state index in [0.29, 0.717) is 5.78 Å². The molecule has 0 unspecified atom stereocenters. The molecule has 24 heavy (non-hydrogen) atoms. The van der Waals surface area contributed by atoms with E-state index in [1.165, 1.54) is 5.69 Å². The number of thiazole rings is 1. The summed E-state index contributed by atoms with van der Waals surface area (Å²) in [5.74, 6) is 0.458. The standard InChI is InChI=1S/C18H21N3OS2/c1-12-5-8-23-17(12)16(22)14-4-3-6-20(10-14)11-15-13(2)19-18-21(15)7-9-24-18/h5,7-9,14H,3-4,6,10-11H2,1-2H3/t14-/m0/s1. The average molecular weight is 360 g/mol. The summed E-state index contributed by atoms with van der Waals surface area (Å²) >= 11 is 3.25. The molecule has 0 spiro atoms. The van der Waals surface area contributed by atoms with Crippen LogP contribution < -0.4 is 0 Å². The second-order valence-electron chi connectivity index (χ2n) is 6.57. The van der Waals surface area contributed by atoms with Crippen molar-refractivity contribution in [1.29, 1.82) is 0 Å². The molecule has 4 nitrogen and oxygen atoms in total. The van der Waals surface area contributed by atoms with Crippen LogP contribution in [0.3, 0.4) is 0 Å². The van der Waals surface area contributed by atoms with Crippen LogP contribution >= 0.6 is 22.7 Å². The summed E-state index contributed by atoms with van der Waals surface area (Å²) in [5.41, 5.74) is 3.48. The molecule has 0 saturated carbocycles. The van der Waals surface area contributed by atoms with Gasteiger partial charge in [-0.1, -0.05) is 0 Å². The van der Waals surface area contributed by atoms with Crippen LogP contribution in [-0.2, 0) is 6.54 Å². The zero-order valence-electron chi connectivity index (χ0n) is 14.0. The molecule has 0 N–H and O–H groups in total. The van der Waals surface area contributed by atoms with Crippen molar-refractivity contribution < 1.29 is 4.79 Å². The minimum absolute atomic E-state index is 0.127. The first kappa shape index (κ1) is 16.0. The van der Waals surface area contributed by atoms with Crippen LogP contribution in [0.4, 0.5) is 0 Å². The van der Waals surface area contributed by atoms with E-state index < -0.39 is 0 Å². The van der Waals surface area contributed by atoms with Crippen molar-refractivity contribution in [3.05, 3.63) is 44.9 Å². The molecule has 3 aromatic heterocycles. The van der Waals surface area contributed by atoms with Gasteiger partial charge in [-0.3, -0.25) is 14.1 Å². The van der Waals surface area contributed by atoms with Gasteiger partial charge in [-0.15, -0.1) is 22.7 Å². The van der Waals surface area contributed by atoms with Gasteiger partial charge in [-0.2, -0.15) is 0 Å². The monoisotopic (exact) mass is 359 g/mol. The number of fused-ring (bicyclic) bond motifs is 1. The van der Waals surface area contributed by atoms with Crippen LogP contribution in [0.1, 0.15) is 39.5 Å². The van der Waals surface area contributed by atoms with Gasteiger partial charge in [0, 0.05) is 30.6 Å². The van der Waals surface area contributed by atoms with Gasteiger partial charge in [0.15, 0.2) is 10.7 Å². The fourth-order valence-electron chi connectivity index (χ4n) is 3.57. The van der Waals surface area contributed by atoms with E-state index in [9.17, 15) is 4.79 Å². The second kappa shape index (κ2) is 6.43. The lowest BCUT2D eigenvalue weighted by atomic mass is 9.92. The predicted octanol–water partition coefficient (Wildman–Crippen LogP) is 4.17. The van der Waals surface area contributed by atoms with Crippen molar-refractivity contribution in [3.8, 4) is 0 Å². The molecular weight excluding hydrogens is 338 g/mol. The first-order valence-electron chi connectivity index (χ1n) is 8.35. The molecular formula is C18H21N3OS2. The van der Waals surface area contributed by atoms with Crippen molar-refractivity contribution in [1.82, 2.24) is 14.3 Å². The van der Waals surface area contributed by atoms with E-state index >= 15 is 0 Å². The van der Waals surface area contributed by atoms with Crippen molar-refractivity contribution in [2.24, 2.45) is 5.92 Å². The number of carbonyl (C=O) groups is 1. The van der Waals surface area contributed by atoms with Gasteiger partial charge in [0.05, 0.1) is 16.3 Å². The van der Waals surface area contributed by atoms with E-state index in [1.807, 2.05) is 18.4 Å². The third-order valence-electron chi connectivity index (χ3n) is 4.90. The van der Waals surface area contributed by atoms with Crippen LogP contribution in [0.2, 0.25) is 0 Å². The van der Waals surface area contributed by atoms with Crippen LogP contribution in [-0.4, -0.2) is 33.2 Å². The number of piperidine rings is 1. The molecule has 3 aromatic rings. The van der Waals surface area contributed by atoms with Crippen LogP contribution in [0, 0.1) is 19.8 Å². The molecule has 0 aliphatic carbocycles. The highest BCUT2D eigenvalue weighted by Gasteiger charge is 2.28. The summed E-state index contributed by atoms with van der Waals surface area (Å²) in [6.45, 7) is 6.90.